The first-order chi connectivity index (χ1) is 24.6. The van der Waals surface area contributed by atoms with Crippen LogP contribution < -0.4 is 5.73 Å². The van der Waals surface area contributed by atoms with Crippen molar-refractivity contribution in [3.63, 3.8) is 0 Å². The van der Waals surface area contributed by atoms with Crippen molar-refractivity contribution in [3.8, 4) is 0 Å². The lowest BCUT2D eigenvalue weighted by molar-refractivity contribution is -0.161. The number of unbranched alkanes of at least 4 members (excludes halogenated alkanes) is 10. The van der Waals surface area contributed by atoms with Gasteiger partial charge in [-0.05, 0) is 51.4 Å². The number of phosphoric acid groups is 1. The predicted molar refractivity (Wildman–Crippen MR) is 203 cm³/mol. The number of hydrogen-bond acceptors (Lipinski definition) is 9. The van der Waals surface area contributed by atoms with Gasteiger partial charge < -0.3 is 25.2 Å². The number of carboxylic acid groups (broad SMARTS) is 1. The van der Waals surface area contributed by atoms with Crippen molar-refractivity contribution >= 4 is 25.7 Å². The summed E-state index contributed by atoms with van der Waals surface area (Å²) >= 11 is 0. The molecular formula is C39H66NO10P. The molecule has 3 atom stereocenters. The topological polar surface area (TPSA) is 172 Å². The summed E-state index contributed by atoms with van der Waals surface area (Å²) in [6.45, 7) is 2.63. The average molecular weight is 740 g/mol. The summed E-state index contributed by atoms with van der Waals surface area (Å²) in [4.78, 5) is 45.6. The fourth-order valence-electron chi connectivity index (χ4n) is 4.52. The third kappa shape index (κ3) is 34.1. The van der Waals surface area contributed by atoms with Gasteiger partial charge >= 0.3 is 25.7 Å². The Labute approximate surface area is 307 Å². The van der Waals surface area contributed by atoms with Gasteiger partial charge in [-0.25, -0.2) is 4.57 Å². The van der Waals surface area contributed by atoms with E-state index in [1.165, 1.54) is 44.9 Å². The van der Waals surface area contributed by atoms with E-state index in [4.69, 9.17) is 24.8 Å². The Morgan fingerprint density at radius 2 is 1.08 bits per heavy atom. The van der Waals surface area contributed by atoms with Crippen LogP contribution in [0.15, 0.2) is 60.8 Å². The van der Waals surface area contributed by atoms with Gasteiger partial charge in [0, 0.05) is 12.8 Å². The molecule has 0 aromatic carbocycles. The van der Waals surface area contributed by atoms with Gasteiger partial charge in [-0.15, -0.1) is 0 Å². The molecule has 0 aliphatic carbocycles. The summed E-state index contributed by atoms with van der Waals surface area (Å²) in [7, 11) is -4.73. The lowest BCUT2D eigenvalue weighted by atomic mass is 10.1. The van der Waals surface area contributed by atoms with E-state index in [1.54, 1.807) is 0 Å². The molecule has 51 heavy (non-hydrogen) atoms. The Morgan fingerprint density at radius 1 is 0.608 bits per heavy atom. The third-order valence-electron chi connectivity index (χ3n) is 7.53. The Kier molecular flexibility index (Phi) is 32.4. The zero-order valence-corrected chi connectivity index (χ0v) is 32.1. The fourth-order valence-corrected chi connectivity index (χ4v) is 5.29. The Bertz CT molecular complexity index is 1100. The number of hydrogen-bond donors (Lipinski definition) is 3. The highest BCUT2D eigenvalue weighted by Gasteiger charge is 2.28. The van der Waals surface area contributed by atoms with Gasteiger partial charge in [0.15, 0.2) is 6.10 Å². The third-order valence-corrected chi connectivity index (χ3v) is 8.48. The van der Waals surface area contributed by atoms with E-state index in [1.807, 2.05) is 18.2 Å². The summed E-state index contributed by atoms with van der Waals surface area (Å²) in [5.74, 6) is -2.50. The smallest absolute Gasteiger partial charge is 0.472 e. The van der Waals surface area contributed by atoms with E-state index in [0.717, 1.165) is 51.4 Å². The highest BCUT2D eigenvalue weighted by molar-refractivity contribution is 7.47. The van der Waals surface area contributed by atoms with Crippen LogP contribution in [-0.2, 0) is 37.5 Å². The molecule has 0 saturated carbocycles. The van der Waals surface area contributed by atoms with Gasteiger partial charge in [-0.1, -0.05) is 132 Å². The number of carbonyl (C=O) groups is 3. The minimum atomic E-state index is -4.73. The highest BCUT2D eigenvalue weighted by atomic mass is 31.2. The number of carboxylic acids is 1. The molecule has 0 amide bonds. The molecule has 0 rings (SSSR count). The molecule has 0 saturated heterocycles. The molecule has 0 aromatic heterocycles. The first-order valence-corrected chi connectivity index (χ1v) is 20.3. The number of aliphatic carboxylic acids is 1. The lowest BCUT2D eigenvalue weighted by Gasteiger charge is -2.20. The SMILES string of the molecule is CCCCC/C=C/C/C=C/C/C=C/C/C=C/C/C=C/CCC(=O)O[C@@H](COC(=O)CCCCCCCCCC)COP(=O)(O)OC[C@H](N)C(=O)O. The van der Waals surface area contributed by atoms with E-state index in [9.17, 15) is 23.8 Å². The number of rotatable bonds is 34. The molecule has 0 radical (unpaired) electrons. The van der Waals surface area contributed by atoms with E-state index in [2.05, 4.69) is 60.9 Å². The second kappa shape index (κ2) is 34.3. The minimum Gasteiger partial charge on any atom is -0.480 e. The predicted octanol–water partition coefficient (Wildman–Crippen LogP) is 9.22. The highest BCUT2D eigenvalue weighted by Crippen LogP contribution is 2.43. The monoisotopic (exact) mass is 739 g/mol. The quantitative estimate of drug-likeness (QED) is 0.0249. The Hall–Kier alpha value is -2.82. The normalized spacial score (nSPS) is 14.6. The van der Waals surface area contributed by atoms with E-state index in [-0.39, 0.29) is 19.4 Å². The molecule has 0 aliphatic heterocycles. The summed E-state index contributed by atoms with van der Waals surface area (Å²) < 4.78 is 32.4. The van der Waals surface area contributed by atoms with Crippen LogP contribution in [0.4, 0.5) is 0 Å². The molecule has 0 aliphatic rings. The van der Waals surface area contributed by atoms with Gasteiger partial charge in [0.1, 0.15) is 12.6 Å². The standard InChI is InChI=1S/C39H66NO10P/c1-3-5-7-9-11-13-14-15-16-17-18-19-20-21-22-23-25-27-29-31-38(42)50-35(33-48-51(45,46)49-34-36(40)39(43)44)32-47-37(41)30-28-26-24-12-10-8-6-4-2/h11,13,15-16,18-19,21-22,25,27,35-36H,3-10,12,14,17,20,23-24,26,28-34,40H2,1-2H3,(H,43,44)(H,45,46)/b13-11+,16-15+,19-18+,22-21+,27-25+/t35-,36-/m0/s1. The van der Waals surface area contributed by atoms with Crippen LogP contribution in [-0.4, -0.2) is 59.9 Å². The largest absolute Gasteiger partial charge is 0.480 e. The van der Waals surface area contributed by atoms with Gasteiger partial charge in [-0.3, -0.25) is 23.4 Å². The van der Waals surface area contributed by atoms with Crippen LogP contribution in [0, 0.1) is 0 Å². The number of esters is 2. The van der Waals surface area contributed by atoms with E-state index in [0.29, 0.717) is 12.8 Å². The zero-order chi connectivity index (χ0) is 37.8. The van der Waals surface area contributed by atoms with E-state index >= 15 is 0 Å². The second-order valence-corrected chi connectivity index (χ2v) is 13.8. The number of nitrogens with two attached hydrogens (primary N) is 1. The molecule has 1 unspecified atom stereocenters. The molecule has 12 heteroatoms. The molecule has 11 nitrogen and oxygen atoms in total. The fraction of sp³-hybridized carbons (Fsp3) is 0.667. The van der Waals surface area contributed by atoms with Crippen molar-refractivity contribution in [2.75, 3.05) is 19.8 Å². The van der Waals surface area contributed by atoms with Crippen LogP contribution in [0.1, 0.15) is 136 Å². The maximum atomic E-state index is 12.5. The van der Waals surface area contributed by atoms with Crippen molar-refractivity contribution in [1.29, 1.82) is 0 Å². The van der Waals surface area contributed by atoms with Crippen molar-refractivity contribution in [3.05, 3.63) is 60.8 Å². The zero-order valence-electron chi connectivity index (χ0n) is 31.2. The van der Waals surface area contributed by atoms with Gasteiger partial charge in [-0.2, -0.15) is 0 Å². The van der Waals surface area contributed by atoms with Crippen molar-refractivity contribution < 1.29 is 47.5 Å². The van der Waals surface area contributed by atoms with Crippen LogP contribution in [0.25, 0.3) is 0 Å². The Balaban J connectivity index is 4.55. The summed E-state index contributed by atoms with van der Waals surface area (Å²) in [6, 6.07) is -1.53. The molecule has 0 bridgehead atoms. The Morgan fingerprint density at radius 3 is 1.63 bits per heavy atom. The summed E-state index contributed by atoms with van der Waals surface area (Å²) in [5, 5.41) is 8.84. The average Bonchev–Trinajstić information content (AvgIpc) is 3.10. The maximum absolute atomic E-state index is 12.5. The van der Waals surface area contributed by atoms with Crippen LogP contribution in [0.2, 0.25) is 0 Å². The number of allylic oxidation sites excluding steroid dienone is 10. The minimum absolute atomic E-state index is 0.0363. The van der Waals surface area contributed by atoms with Gasteiger partial charge in [0.25, 0.3) is 0 Å². The van der Waals surface area contributed by atoms with Crippen LogP contribution in [0.5, 0.6) is 0 Å². The number of carbonyl (C=O) groups excluding carboxylic acids is 2. The molecule has 0 fully saturated rings. The molecule has 4 N–H and O–H groups in total. The lowest BCUT2D eigenvalue weighted by Crippen LogP contribution is -2.34. The number of ether oxygens (including phenoxy) is 2. The molecule has 0 spiro atoms. The van der Waals surface area contributed by atoms with Gasteiger partial charge in [0.05, 0.1) is 13.2 Å². The first-order valence-electron chi connectivity index (χ1n) is 18.8. The maximum Gasteiger partial charge on any atom is 0.472 e. The molecule has 0 heterocycles. The van der Waals surface area contributed by atoms with Gasteiger partial charge in [0.2, 0.25) is 0 Å². The molecule has 292 valence electrons. The van der Waals surface area contributed by atoms with Crippen LogP contribution in [0.3, 0.4) is 0 Å². The van der Waals surface area contributed by atoms with Crippen molar-refractivity contribution in [2.24, 2.45) is 5.73 Å². The summed E-state index contributed by atoms with van der Waals surface area (Å²) in [5.41, 5.74) is 5.30. The molecule has 0 aromatic rings. The second-order valence-electron chi connectivity index (χ2n) is 12.4. The van der Waals surface area contributed by atoms with Crippen molar-refractivity contribution in [1.82, 2.24) is 0 Å². The number of phosphoric ester groups is 1. The first kappa shape index (κ1) is 48.2. The molecular weight excluding hydrogens is 673 g/mol. The van der Waals surface area contributed by atoms with Crippen LogP contribution >= 0.6 is 7.82 Å². The van der Waals surface area contributed by atoms with E-state index < -0.39 is 51.1 Å². The van der Waals surface area contributed by atoms with Crippen molar-refractivity contribution in [2.45, 2.75) is 148 Å². The summed E-state index contributed by atoms with van der Waals surface area (Å²) in [6.07, 6.45) is 37.5.